The maximum atomic E-state index is 11.7. The number of ketones is 1. The number of aliphatic hydroxyl groups excluding tert-OH is 1. The molecule has 0 saturated heterocycles. The topological polar surface area (TPSA) is 108 Å². The number of carbonyl (C=O) groups is 3. The molecule has 0 radical (unpaired) electrons. The summed E-state index contributed by atoms with van der Waals surface area (Å²) >= 11 is 0. The Bertz CT molecular complexity index is 344. The van der Waals surface area contributed by atoms with Gasteiger partial charge < -0.3 is 21.1 Å². The van der Waals surface area contributed by atoms with E-state index in [0.717, 1.165) is 0 Å². The Morgan fingerprint density at radius 2 is 1.50 bits per heavy atom. The van der Waals surface area contributed by atoms with E-state index in [1.54, 1.807) is 13.8 Å². The third kappa shape index (κ3) is 11.2. The van der Waals surface area contributed by atoms with Crippen molar-refractivity contribution in [2.75, 3.05) is 19.7 Å². The van der Waals surface area contributed by atoms with E-state index >= 15 is 0 Å². The summed E-state index contributed by atoms with van der Waals surface area (Å²) in [5.74, 6) is -1.33. The normalized spacial score (nSPS) is 11.5. The van der Waals surface area contributed by atoms with Crippen molar-refractivity contribution in [1.29, 1.82) is 0 Å². The Morgan fingerprint density at radius 1 is 0.955 bits per heavy atom. The molecule has 0 rings (SSSR count). The lowest BCUT2D eigenvalue weighted by atomic mass is 10.0. The van der Waals surface area contributed by atoms with E-state index in [2.05, 4.69) is 16.0 Å². The van der Waals surface area contributed by atoms with E-state index in [1.165, 1.54) is 0 Å². The number of Topliss-reactive ketones (excluding diaryl/α,β-unsaturated/α-hetero) is 1. The Hall–Kier alpha value is -1.47. The zero-order chi connectivity index (χ0) is 17.7. The molecule has 2 amide bonds. The van der Waals surface area contributed by atoms with E-state index in [9.17, 15) is 14.4 Å². The van der Waals surface area contributed by atoms with E-state index in [1.807, 2.05) is 27.7 Å². The summed E-state index contributed by atoms with van der Waals surface area (Å²) in [7, 11) is 0. The molecule has 130 valence electrons. The zero-order valence-corrected chi connectivity index (χ0v) is 14.5. The number of aliphatic hydroxyl groups is 1. The van der Waals surface area contributed by atoms with Crippen LogP contribution in [0, 0.1) is 5.92 Å². The number of carbonyl (C=O) groups excluding carboxylic acids is 3. The summed E-state index contributed by atoms with van der Waals surface area (Å²) < 4.78 is 0. The second kappa shape index (κ2) is 13.2. The van der Waals surface area contributed by atoms with Gasteiger partial charge in [0.1, 0.15) is 6.04 Å². The Kier molecular flexibility index (Phi) is 13.7. The molecule has 1 unspecified atom stereocenters. The van der Waals surface area contributed by atoms with Gasteiger partial charge in [0.05, 0.1) is 19.7 Å². The van der Waals surface area contributed by atoms with Crippen molar-refractivity contribution in [2.24, 2.45) is 5.92 Å². The highest BCUT2D eigenvalue weighted by atomic mass is 16.3. The lowest BCUT2D eigenvalue weighted by Gasteiger charge is -2.17. The zero-order valence-electron chi connectivity index (χ0n) is 14.5. The predicted octanol–water partition coefficient (Wildman–Crippen LogP) is -0.171. The first kappa shape index (κ1) is 22.8. The summed E-state index contributed by atoms with van der Waals surface area (Å²) in [5.41, 5.74) is 0. The van der Waals surface area contributed by atoms with Crippen LogP contribution >= 0.6 is 0 Å². The van der Waals surface area contributed by atoms with Crippen LogP contribution in [0.25, 0.3) is 0 Å². The van der Waals surface area contributed by atoms with Crippen LogP contribution in [0.3, 0.4) is 0 Å². The quantitative estimate of drug-likeness (QED) is 0.472. The average molecular weight is 317 g/mol. The molecule has 0 aromatic carbocycles. The Labute approximate surface area is 133 Å². The molecular formula is C15H31N3O4. The van der Waals surface area contributed by atoms with Crippen LogP contribution in [0.2, 0.25) is 0 Å². The predicted molar refractivity (Wildman–Crippen MR) is 86.4 cm³/mol. The first-order valence-corrected chi connectivity index (χ1v) is 7.72. The van der Waals surface area contributed by atoms with Crippen LogP contribution in [0.4, 0.5) is 0 Å². The van der Waals surface area contributed by atoms with Crippen molar-refractivity contribution < 1.29 is 19.5 Å². The van der Waals surface area contributed by atoms with Crippen LogP contribution in [0.1, 0.15) is 41.5 Å². The number of nitrogens with one attached hydrogen (secondary N) is 3. The van der Waals surface area contributed by atoms with Crippen LogP contribution in [0.5, 0.6) is 0 Å². The van der Waals surface area contributed by atoms with Gasteiger partial charge in [-0.05, 0) is 0 Å². The third-order valence-corrected chi connectivity index (χ3v) is 2.55. The summed E-state index contributed by atoms with van der Waals surface area (Å²) in [4.78, 5) is 34.6. The number of hydrogen-bond acceptors (Lipinski definition) is 5. The minimum Gasteiger partial charge on any atom is -0.394 e. The molecule has 0 aliphatic rings. The van der Waals surface area contributed by atoms with E-state index in [-0.39, 0.29) is 36.7 Å². The van der Waals surface area contributed by atoms with Gasteiger partial charge in [0.25, 0.3) is 0 Å². The van der Waals surface area contributed by atoms with Gasteiger partial charge in [-0.1, -0.05) is 41.5 Å². The fourth-order valence-corrected chi connectivity index (χ4v) is 1.39. The molecular weight excluding hydrogens is 286 g/mol. The van der Waals surface area contributed by atoms with Gasteiger partial charge in [-0.15, -0.1) is 0 Å². The first-order valence-electron chi connectivity index (χ1n) is 7.72. The van der Waals surface area contributed by atoms with Crippen molar-refractivity contribution >= 4 is 17.6 Å². The van der Waals surface area contributed by atoms with Crippen molar-refractivity contribution in [3.8, 4) is 0 Å². The fourth-order valence-electron chi connectivity index (χ4n) is 1.39. The first-order chi connectivity index (χ1) is 10.3. The molecule has 4 N–H and O–H groups in total. The van der Waals surface area contributed by atoms with Gasteiger partial charge in [-0.3, -0.25) is 14.4 Å². The standard InChI is InChI=1S/C13H25N3O4.C2H6/c1-8(2)13(20)10(7-17)16-12(19)6-15-11(18)5-14-9(3)4;1-2/h8-10,14,17H,5-7H2,1-4H3,(H,15,18)(H,16,19);1-2H3. The molecule has 0 aromatic rings. The minimum absolute atomic E-state index is 0.124. The van der Waals surface area contributed by atoms with Crippen LogP contribution in [-0.4, -0.2) is 54.5 Å². The number of amides is 2. The number of hydrogen-bond donors (Lipinski definition) is 4. The van der Waals surface area contributed by atoms with Crippen molar-refractivity contribution in [2.45, 2.75) is 53.6 Å². The molecule has 22 heavy (non-hydrogen) atoms. The molecule has 0 aliphatic heterocycles. The lowest BCUT2D eigenvalue weighted by molar-refractivity contribution is -0.130. The van der Waals surface area contributed by atoms with Gasteiger partial charge in [0.15, 0.2) is 5.78 Å². The van der Waals surface area contributed by atoms with Gasteiger partial charge in [-0.25, -0.2) is 0 Å². The summed E-state index contributed by atoms with van der Waals surface area (Å²) in [6.45, 7) is 10.6. The van der Waals surface area contributed by atoms with E-state index in [0.29, 0.717) is 0 Å². The molecule has 0 heterocycles. The monoisotopic (exact) mass is 317 g/mol. The molecule has 0 bridgehead atoms. The van der Waals surface area contributed by atoms with Gasteiger partial charge in [0, 0.05) is 12.0 Å². The van der Waals surface area contributed by atoms with Crippen LogP contribution < -0.4 is 16.0 Å². The van der Waals surface area contributed by atoms with Crippen LogP contribution in [-0.2, 0) is 14.4 Å². The van der Waals surface area contributed by atoms with E-state index in [4.69, 9.17) is 5.11 Å². The van der Waals surface area contributed by atoms with Crippen molar-refractivity contribution in [3.05, 3.63) is 0 Å². The minimum atomic E-state index is -0.923. The van der Waals surface area contributed by atoms with E-state index < -0.39 is 18.6 Å². The Morgan fingerprint density at radius 3 is 1.91 bits per heavy atom. The molecule has 0 aromatic heterocycles. The SMILES string of the molecule is CC.CC(C)NCC(=O)NCC(=O)NC(CO)C(=O)C(C)C. The van der Waals surface area contributed by atoms with Gasteiger partial charge in [-0.2, -0.15) is 0 Å². The fraction of sp³-hybridized carbons (Fsp3) is 0.800. The molecule has 7 nitrogen and oxygen atoms in total. The highest BCUT2D eigenvalue weighted by molar-refractivity contribution is 5.92. The molecule has 7 heteroatoms. The van der Waals surface area contributed by atoms with Gasteiger partial charge >= 0.3 is 0 Å². The second-order valence-corrected chi connectivity index (χ2v) is 5.17. The summed E-state index contributed by atoms with van der Waals surface area (Å²) in [5, 5.41) is 16.8. The highest BCUT2D eigenvalue weighted by Gasteiger charge is 2.22. The molecule has 0 saturated carbocycles. The summed E-state index contributed by atoms with van der Waals surface area (Å²) in [6, 6.07) is -0.745. The van der Waals surface area contributed by atoms with Gasteiger partial charge in [0.2, 0.25) is 11.8 Å². The number of rotatable bonds is 9. The smallest absolute Gasteiger partial charge is 0.240 e. The van der Waals surface area contributed by atoms with Crippen molar-refractivity contribution in [1.82, 2.24) is 16.0 Å². The molecule has 0 fully saturated rings. The summed E-state index contributed by atoms with van der Waals surface area (Å²) in [6.07, 6.45) is 0. The van der Waals surface area contributed by atoms with Crippen LogP contribution in [0.15, 0.2) is 0 Å². The van der Waals surface area contributed by atoms with Crippen molar-refractivity contribution in [3.63, 3.8) is 0 Å². The lowest BCUT2D eigenvalue weighted by Crippen LogP contribution is -2.49. The maximum Gasteiger partial charge on any atom is 0.240 e. The second-order valence-electron chi connectivity index (χ2n) is 5.17. The molecule has 0 aliphatic carbocycles. The average Bonchev–Trinajstić information content (AvgIpc) is 2.49. The molecule has 0 spiro atoms. The maximum absolute atomic E-state index is 11.7. The molecule has 1 atom stereocenters. The highest BCUT2D eigenvalue weighted by Crippen LogP contribution is 1.99. The third-order valence-electron chi connectivity index (χ3n) is 2.55. The Balaban J connectivity index is 0. The largest absolute Gasteiger partial charge is 0.394 e.